The summed E-state index contributed by atoms with van der Waals surface area (Å²) in [7, 11) is 0. The van der Waals surface area contributed by atoms with Crippen LogP contribution in [0.2, 0.25) is 0 Å². The van der Waals surface area contributed by atoms with Gasteiger partial charge in [0.25, 0.3) is 0 Å². The van der Waals surface area contributed by atoms with Crippen LogP contribution in [0.25, 0.3) is 131 Å². The normalized spacial score (nSPS) is 12.5. The highest BCUT2D eigenvalue weighted by atomic mass is 32.1. The first-order chi connectivity index (χ1) is 28.8. The zero-order chi connectivity index (χ0) is 37.6. The molecule has 0 saturated heterocycles. The molecular weight excluding hydrogens is 729 g/mol. The van der Waals surface area contributed by atoms with Crippen LogP contribution in [-0.4, -0.2) is 19.1 Å². The number of aromatic nitrogens is 4. The van der Waals surface area contributed by atoms with E-state index in [1.165, 1.54) is 69.9 Å². The molecule has 0 spiro atoms. The van der Waals surface area contributed by atoms with Crippen LogP contribution in [0.3, 0.4) is 0 Å². The third-order valence-electron chi connectivity index (χ3n) is 12.3. The van der Waals surface area contributed by atoms with Crippen LogP contribution < -0.4 is 0 Å². The highest BCUT2D eigenvalue weighted by molar-refractivity contribution is 7.25. The van der Waals surface area contributed by atoms with Crippen molar-refractivity contribution in [3.8, 4) is 45.1 Å². The molecule has 0 N–H and O–H groups in total. The number of para-hydroxylation sites is 4. The van der Waals surface area contributed by atoms with Crippen LogP contribution in [0.5, 0.6) is 0 Å². The SMILES string of the molecule is c1ccc2c(c1)-c1ccccc1-n1c3cc4c5ccccc5n(-c5nc(-c6cccc7sc8ccccc8c67)c6oc7ccccc7c6n5)c4cc3c3cccc-2c31. The van der Waals surface area contributed by atoms with Crippen molar-refractivity contribution in [3.63, 3.8) is 0 Å². The smallest absolute Gasteiger partial charge is 0.236 e. The highest BCUT2D eigenvalue weighted by Crippen LogP contribution is 2.49. The van der Waals surface area contributed by atoms with Gasteiger partial charge in [0.1, 0.15) is 16.8 Å². The van der Waals surface area contributed by atoms with Crippen molar-refractivity contribution in [3.05, 3.63) is 170 Å². The summed E-state index contributed by atoms with van der Waals surface area (Å²) in [6.45, 7) is 0. The van der Waals surface area contributed by atoms with Crippen LogP contribution in [-0.2, 0) is 0 Å². The fourth-order valence-electron chi connectivity index (χ4n) is 9.89. The first-order valence-electron chi connectivity index (χ1n) is 19.6. The molecule has 0 unspecified atom stereocenters. The van der Waals surface area contributed by atoms with Gasteiger partial charge < -0.3 is 8.98 Å². The maximum Gasteiger partial charge on any atom is 0.236 e. The van der Waals surface area contributed by atoms with Gasteiger partial charge >= 0.3 is 0 Å². The monoisotopic (exact) mass is 756 g/mol. The molecule has 13 aromatic rings. The lowest BCUT2D eigenvalue weighted by Crippen LogP contribution is -2.03. The molecule has 0 atom stereocenters. The van der Waals surface area contributed by atoms with E-state index in [4.69, 9.17) is 14.4 Å². The van der Waals surface area contributed by atoms with E-state index in [0.717, 1.165) is 49.5 Å². The summed E-state index contributed by atoms with van der Waals surface area (Å²) in [4.78, 5) is 11.0. The van der Waals surface area contributed by atoms with Gasteiger partial charge in [-0.25, -0.2) is 9.97 Å². The molecule has 0 radical (unpaired) electrons. The summed E-state index contributed by atoms with van der Waals surface area (Å²) in [6.07, 6.45) is 0. The van der Waals surface area contributed by atoms with Crippen molar-refractivity contribution >= 4 is 97.2 Å². The molecule has 0 amide bonds. The van der Waals surface area contributed by atoms with E-state index in [1.807, 2.05) is 23.5 Å². The summed E-state index contributed by atoms with van der Waals surface area (Å²) in [5.74, 6) is 0.612. The Kier molecular flexibility index (Phi) is 5.85. The number of hydrogen-bond donors (Lipinski definition) is 0. The highest BCUT2D eigenvalue weighted by Gasteiger charge is 2.27. The molecule has 14 rings (SSSR count). The fraction of sp³-hybridized carbons (Fsp3) is 0. The molecule has 1 aliphatic heterocycles. The maximum absolute atomic E-state index is 6.69. The van der Waals surface area contributed by atoms with Gasteiger partial charge in [0, 0.05) is 63.8 Å². The largest absolute Gasteiger partial charge is 0.452 e. The van der Waals surface area contributed by atoms with Crippen molar-refractivity contribution in [1.29, 1.82) is 0 Å². The average Bonchev–Trinajstić information content (AvgIpc) is 4.01. The van der Waals surface area contributed by atoms with Gasteiger partial charge in [-0.1, -0.05) is 121 Å². The molecule has 5 aromatic heterocycles. The second kappa shape index (κ2) is 11.1. The van der Waals surface area contributed by atoms with E-state index in [1.54, 1.807) is 0 Å². The Morgan fingerprint density at radius 1 is 0.431 bits per heavy atom. The number of fused-ring (bicyclic) bond motifs is 17. The predicted octanol–water partition coefficient (Wildman–Crippen LogP) is 14.3. The first kappa shape index (κ1) is 30.7. The van der Waals surface area contributed by atoms with Crippen molar-refractivity contribution in [1.82, 2.24) is 19.1 Å². The molecule has 6 heterocycles. The van der Waals surface area contributed by atoms with Crippen LogP contribution in [0.4, 0.5) is 0 Å². The summed E-state index contributed by atoms with van der Waals surface area (Å²) >= 11 is 1.81. The molecule has 5 nitrogen and oxygen atoms in total. The van der Waals surface area contributed by atoms with Gasteiger partial charge in [-0.05, 0) is 59.7 Å². The molecule has 6 heteroatoms. The molecule has 1 aliphatic rings. The zero-order valence-electron chi connectivity index (χ0n) is 30.8. The van der Waals surface area contributed by atoms with Gasteiger partial charge in [-0.3, -0.25) is 4.57 Å². The van der Waals surface area contributed by atoms with E-state index >= 15 is 0 Å². The molecule has 58 heavy (non-hydrogen) atoms. The minimum atomic E-state index is 0.612. The topological polar surface area (TPSA) is 48.8 Å². The number of furan rings is 1. The Labute approximate surface area is 334 Å². The second-order valence-electron chi connectivity index (χ2n) is 15.3. The van der Waals surface area contributed by atoms with E-state index in [2.05, 4.69) is 167 Å². The fourth-order valence-corrected chi connectivity index (χ4v) is 11.0. The molecule has 0 fully saturated rings. The molecule has 0 bridgehead atoms. The third-order valence-corrected chi connectivity index (χ3v) is 13.4. The van der Waals surface area contributed by atoms with E-state index < -0.39 is 0 Å². The number of thiophene rings is 1. The summed E-state index contributed by atoms with van der Waals surface area (Å²) < 4.78 is 13.9. The average molecular weight is 757 g/mol. The quantitative estimate of drug-likeness (QED) is 0.176. The minimum absolute atomic E-state index is 0.612. The molecule has 0 saturated carbocycles. The molecular formula is C52H28N4OS. The van der Waals surface area contributed by atoms with Crippen molar-refractivity contribution in [2.24, 2.45) is 0 Å². The summed E-state index contributed by atoms with van der Waals surface area (Å²) in [5, 5.41) is 8.07. The van der Waals surface area contributed by atoms with Crippen LogP contribution >= 0.6 is 11.3 Å². The van der Waals surface area contributed by atoms with Gasteiger partial charge in [-0.15, -0.1) is 11.3 Å². The first-order valence-corrected chi connectivity index (χ1v) is 20.4. The summed E-state index contributed by atoms with van der Waals surface area (Å²) in [5.41, 5.74) is 14.8. The van der Waals surface area contributed by atoms with Crippen molar-refractivity contribution < 1.29 is 4.42 Å². The lowest BCUT2D eigenvalue weighted by molar-refractivity contribution is 0.666. The van der Waals surface area contributed by atoms with E-state index in [0.29, 0.717) is 11.5 Å². The van der Waals surface area contributed by atoms with E-state index in [9.17, 15) is 0 Å². The van der Waals surface area contributed by atoms with Gasteiger partial charge in [0.05, 0.1) is 27.8 Å². The zero-order valence-corrected chi connectivity index (χ0v) is 31.6. The Bertz CT molecular complexity index is 3940. The number of nitrogens with zero attached hydrogens (tertiary/aromatic N) is 4. The van der Waals surface area contributed by atoms with E-state index in [-0.39, 0.29) is 0 Å². The van der Waals surface area contributed by atoms with Crippen molar-refractivity contribution in [2.45, 2.75) is 0 Å². The lowest BCUT2D eigenvalue weighted by Gasteiger charge is -2.12. The number of hydrogen-bond acceptors (Lipinski definition) is 4. The van der Waals surface area contributed by atoms with Crippen LogP contribution in [0.1, 0.15) is 0 Å². The molecule has 268 valence electrons. The summed E-state index contributed by atoms with van der Waals surface area (Å²) in [6, 6.07) is 61.2. The lowest BCUT2D eigenvalue weighted by atomic mass is 9.94. The molecule has 0 aliphatic carbocycles. The van der Waals surface area contributed by atoms with Gasteiger partial charge in [0.2, 0.25) is 5.95 Å². The molecule has 8 aromatic carbocycles. The van der Waals surface area contributed by atoms with Gasteiger partial charge in [0.15, 0.2) is 5.58 Å². The third kappa shape index (κ3) is 3.89. The Morgan fingerprint density at radius 3 is 1.95 bits per heavy atom. The Hall–Kier alpha value is -7.54. The standard InChI is InChI=1S/C52H28N4OS/c1-2-14-30-29(13-1)31-15-3-7-22-40(31)55-42-27-38-32-16-4-8-23-41(32)56(43(38)28-39(42)34-20-11-19-33(30)50(34)55)52-53-48-35-17-5-9-24-44(35)57-51(48)49(54-52)37-21-12-26-46-47(37)36-18-6-10-25-45(36)58-46/h1-28H. The predicted molar refractivity (Wildman–Crippen MR) is 241 cm³/mol. The van der Waals surface area contributed by atoms with Crippen molar-refractivity contribution in [2.75, 3.05) is 0 Å². The second-order valence-corrected chi connectivity index (χ2v) is 16.3. The number of benzene rings is 8. The van der Waals surface area contributed by atoms with Gasteiger partial charge in [-0.2, -0.15) is 0 Å². The minimum Gasteiger partial charge on any atom is -0.452 e. The Morgan fingerprint density at radius 2 is 1.05 bits per heavy atom. The van der Waals surface area contributed by atoms with Crippen LogP contribution in [0, 0.1) is 0 Å². The maximum atomic E-state index is 6.69. The van der Waals surface area contributed by atoms with Crippen LogP contribution in [0.15, 0.2) is 174 Å². The number of rotatable bonds is 2. The Balaban J connectivity index is 1.13.